The lowest BCUT2D eigenvalue weighted by molar-refractivity contribution is -0.125. The first-order valence-electron chi connectivity index (χ1n) is 17.8. The molecule has 44 heavy (non-hydrogen) atoms. The van der Waals surface area contributed by atoms with E-state index < -0.39 is 0 Å². The number of nitrogens with zero attached hydrogens (tertiary/aromatic N) is 2. The van der Waals surface area contributed by atoms with E-state index in [1.54, 1.807) is 22.7 Å². The maximum atomic E-state index is 14.9. The quantitative estimate of drug-likeness (QED) is 0.121. The van der Waals surface area contributed by atoms with Crippen molar-refractivity contribution in [3.05, 3.63) is 55.9 Å². The molecule has 2 aliphatic rings. The fraction of sp³-hybridized carbons (Fsp3) is 0.632. The first kappa shape index (κ1) is 34.7. The normalized spacial score (nSPS) is 16.5. The summed E-state index contributed by atoms with van der Waals surface area (Å²) >= 11 is 3.31. The number of hydrogen-bond acceptors (Lipinski definition) is 4. The number of thiophene rings is 2. The van der Waals surface area contributed by atoms with Gasteiger partial charge in [0.15, 0.2) is 0 Å². The Morgan fingerprint density at radius 2 is 0.886 bits per heavy atom. The zero-order valence-corrected chi connectivity index (χ0v) is 29.5. The summed E-state index contributed by atoms with van der Waals surface area (Å²) < 4.78 is 0. The zero-order valence-electron chi connectivity index (χ0n) is 27.9. The highest BCUT2D eigenvalue weighted by Crippen LogP contribution is 2.50. The van der Waals surface area contributed by atoms with Crippen LogP contribution in [-0.4, -0.2) is 33.7 Å². The average molecular weight is 637 g/mol. The SMILES string of the molecule is CCCCCCCC(CCCC)N1C(=O)C2=C(c3cccs3)N(C(CCCC)CCCCCCC)C(=O)C2=C1c1cccs1. The summed E-state index contributed by atoms with van der Waals surface area (Å²) in [5.74, 6) is 0.101. The van der Waals surface area contributed by atoms with Crippen LogP contribution in [0.25, 0.3) is 11.4 Å². The van der Waals surface area contributed by atoms with Gasteiger partial charge in [-0.2, -0.15) is 0 Å². The summed E-state index contributed by atoms with van der Waals surface area (Å²) in [7, 11) is 0. The Balaban J connectivity index is 1.78. The molecule has 242 valence electrons. The summed E-state index contributed by atoms with van der Waals surface area (Å²) in [6.45, 7) is 8.97. The molecular weight excluding hydrogens is 581 g/mol. The summed E-state index contributed by atoms with van der Waals surface area (Å²) in [6, 6.07) is 8.57. The van der Waals surface area contributed by atoms with Gasteiger partial charge in [-0.1, -0.05) is 130 Å². The number of rotatable bonds is 22. The minimum atomic E-state index is 0.0505. The highest BCUT2D eigenvalue weighted by molar-refractivity contribution is 7.11. The van der Waals surface area contributed by atoms with Gasteiger partial charge < -0.3 is 9.80 Å². The summed E-state index contributed by atoms with van der Waals surface area (Å²) in [6.07, 6.45) is 20.5. The maximum absolute atomic E-state index is 14.9. The molecule has 0 bridgehead atoms. The molecule has 2 aromatic heterocycles. The summed E-state index contributed by atoms with van der Waals surface area (Å²) in [5.41, 5.74) is 3.10. The van der Waals surface area contributed by atoms with Crippen molar-refractivity contribution in [3.63, 3.8) is 0 Å². The first-order valence-corrected chi connectivity index (χ1v) is 19.6. The van der Waals surface area contributed by atoms with Crippen molar-refractivity contribution < 1.29 is 9.59 Å². The van der Waals surface area contributed by atoms with Gasteiger partial charge in [0.2, 0.25) is 0 Å². The van der Waals surface area contributed by atoms with Gasteiger partial charge in [0.25, 0.3) is 11.8 Å². The second kappa shape index (κ2) is 18.1. The van der Waals surface area contributed by atoms with Crippen molar-refractivity contribution in [1.29, 1.82) is 0 Å². The molecule has 2 unspecified atom stereocenters. The van der Waals surface area contributed by atoms with Gasteiger partial charge in [0.1, 0.15) is 0 Å². The Bertz CT molecular complexity index is 1130. The van der Waals surface area contributed by atoms with Crippen LogP contribution >= 0.6 is 22.7 Å². The third kappa shape index (κ3) is 8.15. The molecule has 0 N–H and O–H groups in total. The van der Waals surface area contributed by atoms with Gasteiger partial charge in [-0.05, 0) is 48.6 Å². The Kier molecular flexibility index (Phi) is 14.3. The van der Waals surface area contributed by atoms with E-state index in [0.717, 1.165) is 85.4 Å². The molecule has 0 saturated carbocycles. The third-order valence-corrected chi connectivity index (χ3v) is 11.1. The van der Waals surface area contributed by atoms with Crippen LogP contribution in [0.1, 0.15) is 153 Å². The van der Waals surface area contributed by atoms with Crippen LogP contribution in [0.2, 0.25) is 0 Å². The molecule has 2 atom stereocenters. The molecule has 0 aromatic carbocycles. The van der Waals surface area contributed by atoms with Gasteiger partial charge in [-0.15, -0.1) is 22.7 Å². The molecule has 4 rings (SSSR count). The monoisotopic (exact) mass is 636 g/mol. The fourth-order valence-electron chi connectivity index (χ4n) is 7.00. The standard InChI is InChI=1S/C38H56N2O2S2/c1-5-9-13-15-17-23-29(21-11-7-3)39-35(31-25-19-27-43-31)33-34(37(39)41)36(32-26-20-28-44-32)40(38(33)42)30(22-12-8-4)24-18-16-14-10-6-2/h19-20,25-30H,5-18,21-24H2,1-4H3. The highest BCUT2D eigenvalue weighted by Gasteiger charge is 2.52. The number of unbranched alkanes of at least 4 members (excludes halogenated alkanes) is 10. The molecule has 0 spiro atoms. The maximum Gasteiger partial charge on any atom is 0.261 e. The molecule has 0 saturated heterocycles. The first-order chi connectivity index (χ1) is 21.6. The molecule has 4 nitrogen and oxygen atoms in total. The van der Waals surface area contributed by atoms with E-state index in [0.29, 0.717) is 11.1 Å². The van der Waals surface area contributed by atoms with E-state index in [1.807, 2.05) is 0 Å². The van der Waals surface area contributed by atoms with Gasteiger partial charge in [-0.25, -0.2) is 0 Å². The van der Waals surface area contributed by atoms with Crippen LogP contribution in [0, 0.1) is 0 Å². The van der Waals surface area contributed by atoms with Crippen molar-refractivity contribution in [2.75, 3.05) is 0 Å². The predicted molar refractivity (Wildman–Crippen MR) is 190 cm³/mol. The third-order valence-electron chi connectivity index (χ3n) is 9.37. The van der Waals surface area contributed by atoms with Gasteiger partial charge in [0.05, 0.1) is 32.3 Å². The second-order valence-electron chi connectivity index (χ2n) is 12.8. The molecule has 2 aliphatic heterocycles. The smallest absolute Gasteiger partial charge is 0.261 e. The molecule has 6 heteroatoms. The minimum Gasteiger partial charge on any atom is -0.303 e. The fourth-order valence-corrected chi connectivity index (χ4v) is 8.54. The zero-order chi connectivity index (χ0) is 31.3. The Morgan fingerprint density at radius 1 is 0.523 bits per heavy atom. The average Bonchev–Trinajstić information content (AvgIpc) is 3.84. The largest absolute Gasteiger partial charge is 0.303 e. The second-order valence-corrected chi connectivity index (χ2v) is 14.6. The molecule has 0 aliphatic carbocycles. The van der Waals surface area contributed by atoms with Crippen LogP contribution in [0.15, 0.2) is 46.2 Å². The summed E-state index contributed by atoms with van der Waals surface area (Å²) in [4.78, 5) is 36.0. The van der Waals surface area contributed by atoms with Gasteiger partial charge in [0, 0.05) is 12.1 Å². The van der Waals surface area contributed by atoms with Crippen molar-refractivity contribution in [1.82, 2.24) is 9.80 Å². The van der Waals surface area contributed by atoms with E-state index in [9.17, 15) is 9.59 Å². The van der Waals surface area contributed by atoms with Gasteiger partial charge in [-0.3, -0.25) is 9.59 Å². The lowest BCUT2D eigenvalue weighted by atomic mass is 9.99. The van der Waals surface area contributed by atoms with E-state index in [4.69, 9.17) is 0 Å². The van der Waals surface area contributed by atoms with Crippen molar-refractivity contribution in [2.24, 2.45) is 0 Å². The summed E-state index contributed by atoms with van der Waals surface area (Å²) in [5, 5.41) is 4.16. The van der Waals surface area contributed by atoms with Crippen molar-refractivity contribution in [3.8, 4) is 0 Å². The molecule has 2 amide bonds. The number of hydrogen-bond donors (Lipinski definition) is 0. The topological polar surface area (TPSA) is 40.6 Å². The van der Waals surface area contributed by atoms with Crippen LogP contribution in [0.4, 0.5) is 0 Å². The van der Waals surface area contributed by atoms with Crippen LogP contribution in [0.5, 0.6) is 0 Å². The van der Waals surface area contributed by atoms with Gasteiger partial charge >= 0.3 is 0 Å². The molecule has 0 fully saturated rings. The molecular formula is C38H56N2O2S2. The van der Waals surface area contributed by atoms with Crippen LogP contribution < -0.4 is 0 Å². The highest BCUT2D eigenvalue weighted by atomic mass is 32.1. The van der Waals surface area contributed by atoms with Crippen molar-refractivity contribution >= 4 is 45.9 Å². The van der Waals surface area contributed by atoms with E-state index in [1.165, 1.54) is 51.4 Å². The number of carbonyl (C=O) groups excluding carboxylic acids is 2. The number of carbonyl (C=O) groups is 2. The van der Waals surface area contributed by atoms with E-state index >= 15 is 0 Å². The molecule has 4 heterocycles. The lowest BCUT2D eigenvalue weighted by Gasteiger charge is -2.34. The van der Waals surface area contributed by atoms with E-state index in [2.05, 4.69) is 72.5 Å². The number of fused-ring (bicyclic) bond motifs is 1. The van der Waals surface area contributed by atoms with E-state index in [-0.39, 0.29) is 23.9 Å². The Hall–Kier alpha value is -2.18. The molecule has 2 aromatic rings. The minimum absolute atomic E-state index is 0.0505. The van der Waals surface area contributed by atoms with Crippen LogP contribution in [-0.2, 0) is 9.59 Å². The molecule has 0 radical (unpaired) electrons. The van der Waals surface area contributed by atoms with Crippen molar-refractivity contribution in [2.45, 2.75) is 155 Å². The predicted octanol–water partition coefficient (Wildman–Crippen LogP) is 11.5. The Morgan fingerprint density at radius 3 is 1.23 bits per heavy atom. The Labute approximate surface area is 275 Å². The lowest BCUT2D eigenvalue weighted by Crippen LogP contribution is -2.39. The van der Waals surface area contributed by atoms with Crippen LogP contribution in [0.3, 0.4) is 0 Å². The number of amides is 2.